The van der Waals surface area contributed by atoms with E-state index in [4.69, 9.17) is 0 Å². The van der Waals surface area contributed by atoms with Crippen LogP contribution in [-0.4, -0.2) is 45.4 Å². The number of nitrogens with one attached hydrogen (secondary N) is 1. The van der Waals surface area contributed by atoms with Gasteiger partial charge in [-0.2, -0.15) is 0 Å². The smallest absolute Gasteiger partial charge is 0.270 e. The van der Waals surface area contributed by atoms with E-state index in [1.807, 2.05) is 40.6 Å². The Bertz CT molecular complexity index is 943. The van der Waals surface area contributed by atoms with Crippen LogP contribution in [0, 0.1) is 0 Å². The van der Waals surface area contributed by atoms with Crippen LogP contribution < -0.4 is 0 Å². The Balaban J connectivity index is 1.36. The lowest BCUT2D eigenvalue weighted by molar-refractivity contribution is 0.0787. The predicted octanol–water partition coefficient (Wildman–Crippen LogP) is 4.35. The highest BCUT2D eigenvalue weighted by Gasteiger charge is 2.21. The van der Waals surface area contributed by atoms with E-state index in [2.05, 4.69) is 9.97 Å². The van der Waals surface area contributed by atoms with Crippen LogP contribution in [0.1, 0.15) is 33.7 Å². The van der Waals surface area contributed by atoms with Gasteiger partial charge in [-0.1, -0.05) is 42.1 Å². The summed E-state index contributed by atoms with van der Waals surface area (Å²) >= 11 is 2.97. The zero-order valence-corrected chi connectivity index (χ0v) is 16.3. The van der Waals surface area contributed by atoms with Crippen molar-refractivity contribution < 1.29 is 9.59 Å². The van der Waals surface area contributed by atoms with Gasteiger partial charge in [0.25, 0.3) is 5.91 Å². The number of hydrogen-bond acceptors (Lipinski definition) is 5. The molecule has 0 unspecified atom stereocenters. The van der Waals surface area contributed by atoms with Crippen LogP contribution >= 0.6 is 23.1 Å². The van der Waals surface area contributed by atoms with Crippen LogP contribution in [0.2, 0.25) is 0 Å². The summed E-state index contributed by atoms with van der Waals surface area (Å²) in [5, 5.41) is 2.01. The van der Waals surface area contributed by atoms with E-state index < -0.39 is 0 Å². The van der Waals surface area contributed by atoms with Gasteiger partial charge in [0.15, 0.2) is 10.1 Å². The Morgan fingerprint density at radius 2 is 1.96 bits per heavy atom. The summed E-state index contributed by atoms with van der Waals surface area (Å²) in [6.07, 6.45) is 3.73. The Morgan fingerprint density at radius 3 is 2.74 bits per heavy atom. The molecule has 1 aliphatic rings. The topological polar surface area (TPSA) is 66.1 Å². The van der Waals surface area contributed by atoms with Crippen molar-refractivity contribution in [2.45, 2.75) is 17.2 Å². The summed E-state index contributed by atoms with van der Waals surface area (Å²) in [7, 11) is 0. The average Bonchev–Trinajstić information content (AvgIpc) is 3.48. The van der Waals surface area contributed by atoms with Crippen molar-refractivity contribution in [1.82, 2.24) is 14.9 Å². The molecule has 3 aromatic rings. The quantitative estimate of drug-likeness (QED) is 0.496. The lowest BCUT2D eigenvalue weighted by Crippen LogP contribution is -2.27. The first-order chi connectivity index (χ1) is 13.2. The number of thiazole rings is 1. The molecule has 0 radical (unpaired) electrons. The molecular weight excluding hydrogens is 378 g/mol. The molecule has 0 saturated carbocycles. The molecule has 1 N–H and O–H groups in total. The predicted molar refractivity (Wildman–Crippen MR) is 109 cm³/mol. The molecule has 0 aliphatic carbocycles. The number of amides is 1. The highest BCUT2D eigenvalue weighted by Crippen LogP contribution is 2.28. The SMILES string of the molecule is O=C(CSc1nc(-c2ccccc2)cs1)c1c[nH]c(C(=O)N2CCCC2)c1. The number of carbonyl (C=O) groups is 2. The van der Waals surface area contributed by atoms with E-state index in [1.54, 1.807) is 12.3 Å². The first kappa shape index (κ1) is 18.0. The monoisotopic (exact) mass is 397 g/mol. The number of rotatable bonds is 6. The third kappa shape index (κ3) is 4.14. The van der Waals surface area contributed by atoms with Crippen molar-refractivity contribution in [2.24, 2.45) is 0 Å². The molecular formula is C20H19N3O2S2. The fourth-order valence-corrected chi connectivity index (χ4v) is 4.77. The minimum atomic E-state index is -0.0216. The van der Waals surface area contributed by atoms with E-state index in [1.165, 1.54) is 23.1 Å². The van der Waals surface area contributed by atoms with Crippen LogP contribution in [0.3, 0.4) is 0 Å². The zero-order chi connectivity index (χ0) is 18.6. The summed E-state index contributed by atoms with van der Waals surface area (Å²) in [6.45, 7) is 1.59. The van der Waals surface area contributed by atoms with Crippen LogP contribution in [0.5, 0.6) is 0 Å². The number of aromatic amines is 1. The maximum atomic E-state index is 12.5. The molecule has 1 fully saturated rings. The average molecular weight is 398 g/mol. The van der Waals surface area contributed by atoms with Gasteiger partial charge in [-0.15, -0.1) is 11.3 Å². The van der Waals surface area contributed by atoms with Crippen LogP contribution in [0.25, 0.3) is 11.3 Å². The first-order valence-corrected chi connectivity index (χ1v) is 10.7. The lowest BCUT2D eigenvalue weighted by Gasteiger charge is -2.13. The van der Waals surface area contributed by atoms with Crippen molar-refractivity contribution >= 4 is 34.8 Å². The van der Waals surface area contributed by atoms with E-state index in [0.29, 0.717) is 17.0 Å². The lowest BCUT2D eigenvalue weighted by atomic mass is 10.2. The van der Waals surface area contributed by atoms with Crippen LogP contribution in [0.15, 0.2) is 52.3 Å². The van der Waals surface area contributed by atoms with Gasteiger partial charge in [0, 0.05) is 35.8 Å². The number of thioether (sulfide) groups is 1. The highest BCUT2D eigenvalue weighted by atomic mass is 32.2. The third-order valence-corrected chi connectivity index (χ3v) is 6.53. The number of nitrogens with zero attached hydrogens (tertiary/aromatic N) is 2. The van der Waals surface area contributed by atoms with Gasteiger partial charge in [0.2, 0.25) is 0 Å². The normalized spacial score (nSPS) is 13.9. The maximum absolute atomic E-state index is 12.5. The van der Waals surface area contributed by atoms with Crippen molar-refractivity contribution in [1.29, 1.82) is 0 Å². The van der Waals surface area contributed by atoms with Gasteiger partial charge in [-0.3, -0.25) is 9.59 Å². The Labute approximate surface area is 165 Å². The Kier molecular flexibility index (Phi) is 5.40. The fraction of sp³-hybridized carbons (Fsp3) is 0.250. The minimum absolute atomic E-state index is 0.00631. The second-order valence-corrected chi connectivity index (χ2v) is 8.46. The summed E-state index contributed by atoms with van der Waals surface area (Å²) in [6, 6.07) is 11.7. The van der Waals surface area contributed by atoms with Gasteiger partial charge < -0.3 is 9.88 Å². The number of benzene rings is 1. The molecule has 1 saturated heterocycles. The van der Waals surface area contributed by atoms with Crippen LogP contribution in [0.4, 0.5) is 0 Å². The number of carbonyl (C=O) groups excluding carboxylic acids is 2. The number of likely N-dealkylation sites (tertiary alicyclic amines) is 1. The number of hydrogen-bond donors (Lipinski definition) is 1. The summed E-state index contributed by atoms with van der Waals surface area (Å²) in [5.41, 5.74) is 3.04. The molecule has 0 atom stereocenters. The number of H-pyrrole nitrogens is 1. The molecule has 3 heterocycles. The molecule has 1 aliphatic heterocycles. The van der Waals surface area contributed by atoms with Gasteiger partial charge >= 0.3 is 0 Å². The second kappa shape index (κ2) is 8.10. The van der Waals surface area contributed by atoms with E-state index in [0.717, 1.165) is 41.5 Å². The molecule has 0 bridgehead atoms. The largest absolute Gasteiger partial charge is 0.356 e. The summed E-state index contributed by atoms with van der Waals surface area (Å²) in [5.74, 6) is 0.275. The molecule has 5 nitrogen and oxygen atoms in total. The number of ketones is 1. The molecule has 7 heteroatoms. The molecule has 27 heavy (non-hydrogen) atoms. The Hall–Kier alpha value is -2.38. The van der Waals surface area contributed by atoms with Gasteiger partial charge in [-0.25, -0.2) is 4.98 Å². The van der Waals surface area contributed by atoms with E-state index >= 15 is 0 Å². The number of aromatic nitrogens is 2. The standard InChI is InChI=1S/C20H19N3O2S2/c24-18(15-10-16(21-11-15)19(25)23-8-4-5-9-23)13-27-20-22-17(12-26-20)14-6-2-1-3-7-14/h1-3,6-7,10-12,21H,4-5,8-9,13H2. The molecule has 1 aromatic carbocycles. The second-order valence-electron chi connectivity index (χ2n) is 6.38. The van der Waals surface area contributed by atoms with Gasteiger partial charge in [-0.05, 0) is 18.9 Å². The molecule has 0 spiro atoms. The molecule has 138 valence electrons. The van der Waals surface area contributed by atoms with E-state index in [-0.39, 0.29) is 11.7 Å². The fourth-order valence-electron chi connectivity index (χ4n) is 3.05. The number of Topliss-reactive ketones (excluding diaryl/α,β-unsaturated/α-hetero) is 1. The maximum Gasteiger partial charge on any atom is 0.270 e. The third-order valence-electron chi connectivity index (χ3n) is 4.51. The summed E-state index contributed by atoms with van der Waals surface area (Å²) in [4.78, 5) is 34.2. The van der Waals surface area contributed by atoms with Gasteiger partial charge in [0.1, 0.15) is 5.69 Å². The first-order valence-electron chi connectivity index (χ1n) is 8.85. The molecule has 4 rings (SSSR count). The van der Waals surface area contributed by atoms with Crippen LogP contribution in [-0.2, 0) is 0 Å². The zero-order valence-electron chi connectivity index (χ0n) is 14.7. The summed E-state index contributed by atoms with van der Waals surface area (Å²) < 4.78 is 0.867. The van der Waals surface area contributed by atoms with Crippen molar-refractivity contribution in [3.63, 3.8) is 0 Å². The van der Waals surface area contributed by atoms with Crippen molar-refractivity contribution in [3.05, 3.63) is 59.2 Å². The minimum Gasteiger partial charge on any atom is -0.356 e. The van der Waals surface area contributed by atoms with Crippen molar-refractivity contribution in [2.75, 3.05) is 18.8 Å². The highest BCUT2D eigenvalue weighted by molar-refractivity contribution is 8.01. The van der Waals surface area contributed by atoms with E-state index in [9.17, 15) is 9.59 Å². The molecule has 1 amide bonds. The molecule has 2 aromatic heterocycles. The van der Waals surface area contributed by atoms with Crippen molar-refractivity contribution in [3.8, 4) is 11.3 Å². The Morgan fingerprint density at radius 1 is 1.19 bits per heavy atom. The van der Waals surface area contributed by atoms with Gasteiger partial charge in [0.05, 0.1) is 11.4 Å².